The zero-order valence-corrected chi connectivity index (χ0v) is 5.51. The highest BCUT2D eigenvalue weighted by atomic mass is 16.5. The third kappa shape index (κ3) is 2.74. The largest absolute Gasteiger partial charge is 0.542 e. The van der Waals surface area contributed by atoms with Crippen LogP contribution in [0.15, 0.2) is 11.8 Å². The maximum Gasteiger partial charge on any atom is 0.137 e. The van der Waals surface area contributed by atoms with E-state index in [1.807, 2.05) is 6.92 Å². The van der Waals surface area contributed by atoms with Crippen LogP contribution in [-0.2, 0) is 9.53 Å². The molecule has 0 N–H and O–H groups in total. The van der Waals surface area contributed by atoms with Crippen molar-refractivity contribution in [1.82, 2.24) is 0 Å². The van der Waals surface area contributed by atoms with Crippen molar-refractivity contribution in [1.29, 1.82) is 0 Å². The summed E-state index contributed by atoms with van der Waals surface area (Å²) < 4.78 is 4.45. The Kier molecular flexibility index (Phi) is 3.51. The summed E-state index contributed by atoms with van der Waals surface area (Å²) in [5, 5.41) is 10.0. The number of ether oxygens (including phenoxy) is 1. The van der Waals surface area contributed by atoms with Gasteiger partial charge in [-0.1, -0.05) is 6.92 Å². The highest BCUT2D eigenvalue weighted by molar-refractivity contribution is 5.82. The first-order valence-corrected chi connectivity index (χ1v) is 2.67. The van der Waals surface area contributed by atoms with E-state index in [1.54, 1.807) is 0 Å². The first-order chi connectivity index (χ1) is 4.22. The second-order valence-electron chi connectivity index (χ2n) is 1.47. The topological polar surface area (TPSA) is 49.4 Å². The Labute approximate surface area is 53.9 Å². The van der Waals surface area contributed by atoms with Gasteiger partial charge in [0.15, 0.2) is 0 Å². The number of rotatable bonds is 3. The minimum absolute atomic E-state index is 0.0995. The molecule has 0 aliphatic heterocycles. The van der Waals surface area contributed by atoms with Crippen LogP contribution in [0.2, 0.25) is 0 Å². The molecule has 0 aromatic rings. The molecule has 0 spiro atoms. The molecule has 0 saturated carbocycles. The summed E-state index contributed by atoms with van der Waals surface area (Å²) in [6.07, 6.45) is 2.09. The normalized spacial score (nSPS) is 11.1. The Balaban J connectivity index is 3.98. The lowest BCUT2D eigenvalue weighted by Gasteiger charge is -2.04. The van der Waals surface area contributed by atoms with E-state index >= 15 is 0 Å². The molecule has 0 aromatic carbocycles. The predicted molar refractivity (Wildman–Crippen MR) is 30.4 cm³/mol. The van der Waals surface area contributed by atoms with Gasteiger partial charge in [0.2, 0.25) is 0 Å². The van der Waals surface area contributed by atoms with Gasteiger partial charge in [0.25, 0.3) is 0 Å². The standard InChI is InChI=1S/C6H10O3/c1-3-4-5(9-2)6(7)8/h4H,3H2,1-2H3,(H,7,8)/p-1/b5-4-. The number of carbonyl (C=O) groups excluding carboxylic acids is 1. The first-order valence-electron chi connectivity index (χ1n) is 2.67. The van der Waals surface area contributed by atoms with Gasteiger partial charge < -0.3 is 14.6 Å². The molecule has 0 aromatic heterocycles. The first kappa shape index (κ1) is 8.01. The van der Waals surface area contributed by atoms with Crippen molar-refractivity contribution in [2.45, 2.75) is 13.3 Å². The summed E-state index contributed by atoms with van der Waals surface area (Å²) in [6, 6.07) is 0. The average molecular weight is 129 g/mol. The number of aliphatic carboxylic acids is 1. The summed E-state index contributed by atoms with van der Waals surface area (Å²) in [7, 11) is 1.30. The smallest absolute Gasteiger partial charge is 0.137 e. The molecule has 0 bridgehead atoms. The van der Waals surface area contributed by atoms with Crippen molar-refractivity contribution >= 4 is 5.97 Å². The zero-order chi connectivity index (χ0) is 7.28. The maximum atomic E-state index is 10.0. The third-order valence-electron chi connectivity index (χ3n) is 0.811. The Morgan fingerprint density at radius 1 is 1.78 bits per heavy atom. The lowest BCUT2D eigenvalue weighted by Crippen LogP contribution is -2.25. The van der Waals surface area contributed by atoms with E-state index in [1.165, 1.54) is 13.2 Å². The second kappa shape index (κ2) is 3.95. The van der Waals surface area contributed by atoms with Crippen LogP contribution in [0.25, 0.3) is 0 Å². The van der Waals surface area contributed by atoms with Gasteiger partial charge in [-0.15, -0.1) is 0 Å². The molecule has 9 heavy (non-hydrogen) atoms. The number of hydrogen-bond acceptors (Lipinski definition) is 3. The molecule has 0 unspecified atom stereocenters. The van der Waals surface area contributed by atoms with Crippen LogP contribution in [0.5, 0.6) is 0 Å². The van der Waals surface area contributed by atoms with E-state index in [2.05, 4.69) is 4.74 Å². The summed E-state index contributed by atoms with van der Waals surface area (Å²) in [6.45, 7) is 1.82. The van der Waals surface area contributed by atoms with Crippen LogP contribution in [0.4, 0.5) is 0 Å². The highest BCUT2D eigenvalue weighted by Gasteiger charge is 1.91. The summed E-state index contributed by atoms with van der Waals surface area (Å²) in [4.78, 5) is 10.0. The van der Waals surface area contributed by atoms with Crippen LogP contribution in [0, 0.1) is 0 Å². The van der Waals surface area contributed by atoms with Crippen LogP contribution in [0.3, 0.4) is 0 Å². The van der Waals surface area contributed by atoms with Gasteiger partial charge in [0.05, 0.1) is 7.11 Å². The molecule has 52 valence electrons. The van der Waals surface area contributed by atoms with Crippen molar-refractivity contribution < 1.29 is 14.6 Å². The maximum absolute atomic E-state index is 10.0. The molecule has 3 heteroatoms. The van der Waals surface area contributed by atoms with Crippen LogP contribution < -0.4 is 5.11 Å². The molecule has 0 rings (SSSR count). The molecule has 0 aliphatic rings. The van der Waals surface area contributed by atoms with E-state index in [-0.39, 0.29) is 5.76 Å². The minimum Gasteiger partial charge on any atom is -0.542 e. The van der Waals surface area contributed by atoms with Gasteiger partial charge in [-0.25, -0.2) is 0 Å². The van der Waals surface area contributed by atoms with E-state index in [0.717, 1.165) is 0 Å². The Hall–Kier alpha value is -0.990. The number of carboxylic acids is 1. The number of carbonyl (C=O) groups is 1. The second-order valence-corrected chi connectivity index (χ2v) is 1.47. The highest BCUT2D eigenvalue weighted by Crippen LogP contribution is 1.93. The SMILES string of the molecule is CC/C=C(\OC)C(=O)[O-]. The Bertz CT molecular complexity index is 126. The predicted octanol–water partition coefficient (Wildman–Crippen LogP) is -0.323. The Morgan fingerprint density at radius 3 is 2.44 bits per heavy atom. The van der Waals surface area contributed by atoms with Gasteiger partial charge in [-0.05, 0) is 12.5 Å². The molecule has 0 amide bonds. The Morgan fingerprint density at radius 2 is 2.33 bits per heavy atom. The van der Waals surface area contributed by atoms with Gasteiger partial charge in [0, 0.05) is 0 Å². The molecule has 0 saturated heterocycles. The van der Waals surface area contributed by atoms with Crippen molar-refractivity contribution in [2.75, 3.05) is 7.11 Å². The molecule has 0 fully saturated rings. The molecule has 0 atom stereocenters. The summed E-state index contributed by atoms with van der Waals surface area (Å²) >= 11 is 0. The average Bonchev–Trinajstić information content (AvgIpc) is 1.82. The van der Waals surface area contributed by atoms with Crippen molar-refractivity contribution in [3.63, 3.8) is 0 Å². The lowest BCUT2D eigenvalue weighted by molar-refractivity contribution is -0.302. The third-order valence-corrected chi connectivity index (χ3v) is 0.811. The number of hydrogen-bond donors (Lipinski definition) is 0. The molecule has 3 nitrogen and oxygen atoms in total. The molecular formula is C6H9O3-. The number of methoxy groups -OCH3 is 1. The number of carboxylic acid groups (broad SMARTS) is 1. The fourth-order valence-corrected chi connectivity index (χ4v) is 0.435. The fraction of sp³-hybridized carbons (Fsp3) is 0.500. The molecule has 0 radical (unpaired) electrons. The fourth-order valence-electron chi connectivity index (χ4n) is 0.435. The van der Waals surface area contributed by atoms with Crippen molar-refractivity contribution in [2.24, 2.45) is 0 Å². The lowest BCUT2D eigenvalue weighted by atomic mass is 10.4. The van der Waals surface area contributed by atoms with E-state index in [4.69, 9.17) is 0 Å². The van der Waals surface area contributed by atoms with Gasteiger partial charge in [0.1, 0.15) is 11.7 Å². The van der Waals surface area contributed by atoms with Crippen LogP contribution in [0.1, 0.15) is 13.3 Å². The van der Waals surface area contributed by atoms with E-state index in [9.17, 15) is 9.90 Å². The van der Waals surface area contributed by atoms with Gasteiger partial charge in [-0.2, -0.15) is 0 Å². The van der Waals surface area contributed by atoms with Gasteiger partial charge in [-0.3, -0.25) is 0 Å². The quantitative estimate of drug-likeness (QED) is 0.387. The van der Waals surface area contributed by atoms with Crippen molar-refractivity contribution in [3.8, 4) is 0 Å². The molecule has 0 heterocycles. The van der Waals surface area contributed by atoms with E-state index < -0.39 is 5.97 Å². The summed E-state index contributed by atoms with van der Waals surface area (Å²) in [5.41, 5.74) is 0. The molecular weight excluding hydrogens is 120 g/mol. The number of allylic oxidation sites excluding steroid dienone is 1. The minimum atomic E-state index is -1.26. The van der Waals surface area contributed by atoms with Gasteiger partial charge >= 0.3 is 0 Å². The monoisotopic (exact) mass is 129 g/mol. The van der Waals surface area contributed by atoms with E-state index in [0.29, 0.717) is 6.42 Å². The molecule has 0 aliphatic carbocycles. The van der Waals surface area contributed by atoms with Crippen LogP contribution >= 0.6 is 0 Å². The van der Waals surface area contributed by atoms with Crippen molar-refractivity contribution in [3.05, 3.63) is 11.8 Å². The zero-order valence-electron chi connectivity index (χ0n) is 5.51. The summed E-state index contributed by atoms with van der Waals surface area (Å²) in [5.74, 6) is -1.36. The van der Waals surface area contributed by atoms with Crippen LogP contribution in [-0.4, -0.2) is 13.1 Å².